The average molecular weight is 183 g/mol. The first-order chi connectivity index (χ1) is 5.83. The van der Waals surface area contributed by atoms with Crippen LogP contribution in [0.2, 0.25) is 5.15 Å². The van der Waals surface area contributed by atoms with Crippen molar-refractivity contribution in [2.45, 2.75) is 6.54 Å². The van der Waals surface area contributed by atoms with E-state index < -0.39 is 0 Å². The van der Waals surface area contributed by atoms with Crippen LogP contribution >= 0.6 is 11.6 Å². The topological polar surface area (TPSA) is 56.2 Å². The van der Waals surface area contributed by atoms with Gasteiger partial charge in [-0.05, 0) is 6.07 Å². The molecule has 0 aliphatic heterocycles. The van der Waals surface area contributed by atoms with Gasteiger partial charge in [0.05, 0.1) is 5.69 Å². The summed E-state index contributed by atoms with van der Waals surface area (Å²) < 4.78 is 1.70. The third-order valence-corrected chi connectivity index (χ3v) is 2.03. The summed E-state index contributed by atoms with van der Waals surface area (Å²) in [6.45, 7) is 0.348. The monoisotopic (exact) mass is 182 g/mol. The maximum absolute atomic E-state index is 5.94. The van der Waals surface area contributed by atoms with Crippen LogP contribution in [0.5, 0.6) is 0 Å². The highest BCUT2D eigenvalue weighted by atomic mass is 35.5. The Hall–Kier alpha value is -1.13. The lowest BCUT2D eigenvalue weighted by atomic mass is 10.5. The molecule has 0 radical (unpaired) electrons. The number of imidazole rings is 1. The number of hydrogen-bond acceptors (Lipinski definition) is 3. The minimum absolute atomic E-state index is 0.348. The molecule has 62 valence electrons. The first kappa shape index (κ1) is 7.52. The van der Waals surface area contributed by atoms with Gasteiger partial charge in [-0.1, -0.05) is 11.6 Å². The Bertz CT molecular complexity index is 409. The standard InChI is InChI=1S/C7H7ClN4/c8-7-5(3-9)11-6-1-2-10-4-12(6)7/h1-2,4H,3,9H2. The van der Waals surface area contributed by atoms with Crippen molar-refractivity contribution in [1.82, 2.24) is 14.4 Å². The molecule has 0 bridgehead atoms. The predicted molar refractivity (Wildman–Crippen MR) is 45.9 cm³/mol. The van der Waals surface area contributed by atoms with Crippen molar-refractivity contribution < 1.29 is 0 Å². The molecule has 2 N–H and O–H groups in total. The highest BCUT2D eigenvalue weighted by molar-refractivity contribution is 6.30. The van der Waals surface area contributed by atoms with Crippen molar-refractivity contribution in [3.8, 4) is 0 Å². The van der Waals surface area contributed by atoms with Gasteiger partial charge in [0.25, 0.3) is 0 Å². The van der Waals surface area contributed by atoms with Gasteiger partial charge < -0.3 is 5.73 Å². The Morgan fingerprint density at radius 1 is 1.58 bits per heavy atom. The van der Waals surface area contributed by atoms with Crippen LogP contribution in [0.15, 0.2) is 18.6 Å². The van der Waals surface area contributed by atoms with Crippen LogP contribution in [0, 0.1) is 0 Å². The Balaban J connectivity index is 2.78. The van der Waals surface area contributed by atoms with E-state index in [0.29, 0.717) is 17.4 Å². The minimum atomic E-state index is 0.348. The van der Waals surface area contributed by atoms with Gasteiger partial charge in [0.15, 0.2) is 0 Å². The summed E-state index contributed by atoms with van der Waals surface area (Å²) in [5.41, 5.74) is 6.91. The highest BCUT2D eigenvalue weighted by Crippen LogP contribution is 2.16. The number of aromatic nitrogens is 3. The van der Waals surface area contributed by atoms with E-state index in [2.05, 4.69) is 9.97 Å². The third-order valence-electron chi connectivity index (χ3n) is 1.63. The average Bonchev–Trinajstić information content (AvgIpc) is 2.44. The molecule has 0 unspecified atom stereocenters. The first-order valence-electron chi connectivity index (χ1n) is 3.49. The van der Waals surface area contributed by atoms with Crippen molar-refractivity contribution in [3.63, 3.8) is 0 Å². The zero-order valence-corrected chi connectivity index (χ0v) is 6.99. The summed E-state index contributed by atoms with van der Waals surface area (Å²) >= 11 is 5.94. The van der Waals surface area contributed by atoms with Crippen molar-refractivity contribution in [2.24, 2.45) is 5.73 Å². The summed E-state index contributed by atoms with van der Waals surface area (Å²) in [7, 11) is 0. The van der Waals surface area contributed by atoms with Gasteiger partial charge in [0.2, 0.25) is 0 Å². The van der Waals surface area contributed by atoms with E-state index in [1.165, 1.54) is 0 Å². The number of nitrogens with zero attached hydrogens (tertiary/aromatic N) is 3. The fourth-order valence-corrected chi connectivity index (χ4v) is 1.30. The van der Waals surface area contributed by atoms with E-state index in [4.69, 9.17) is 17.3 Å². The second kappa shape index (κ2) is 2.73. The number of fused-ring (bicyclic) bond motifs is 1. The smallest absolute Gasteiger partial charge is 0.141 e. The van der Waals surface area contributed by atoms with Gasteiger partial charge in [-0.3, -0.25) is 4.40 Å². The second-order valence-electron chi connectivity index (χ2n) is 2.36. The molecule has 0 amide bonds. The number of hydrogen-bond donors (Lipinski definition) is 1. The molecule has 12 heavy (non-hydrogen) atoms. The maximum Gasteiger partial charge on any atom is 0.141 e. The van der Waals surface area contributed by atoms with Gasteiger partial charge in [-0.15, -0.1) is 0 Å². The van der Waals surface area contributed by atoms with Crippen LogP contribution in [0.1, 0.15) is 5.69 Å². The molecule has 2 heterocycles. The van der Waals surface area contributed by atoms with Crippen molar-refractivity contribution >= 4 is 17.2 Å². The van der Waals surface area contributed by atoms with E-state index >= 15 is 0 Å². The van der Waals surface area contributed by atoms with Gasteiger partial charge >= 0.3 is 0 Å². The van der Waals surface area contributed by atoms with Crippen LogP contribution < -0.4 is 5.73 Å². The van der Waals surface area contributed by atoms with Crippen LogP contribution in [0.4, 0.5) is 0 Å². The molecule has 5 heteroatoms. The minimum Gasteiger partial charge on any atom is -0.325 e. The molecule has 2 aromatic heterocycles. The zero-order valence-electron chi connectivity index (χ0n) is 6.24. The highest BCUT2D eigenvalue weighted by Gasteiger charge is 2.06. The zero-order chi connectivity index (χ0) is 8.55. The van der Waals surface area contributed by atoms with Crippen molar-refractivity contribution in [3.05, 3.63) is 29.4 Å². The second-order valence-corrected chi connectivity index (χ2v) is 2.72. The lowest BCUT2D eigenvalue weighted by Gasteiger charge is -1.91. The number of halogens is 1. The molecule has 0 atom stereocenters. The normalized spacial score (nSPS) is 10.8. The van der Waals surface area contributed by atoms with Gasteiger partial charge in [-0.25, -0.2) is 9.97 Å². The summed E-state index contributed by atoms with van der Waals surface area (Å²) in [4.78, 5) is 8.12. The maximum atomic E-state index is 5.94. The van der Waals surface area contributed by atoms with Gasteiger partial charge in [0.1, 0.15) is 17.1 Å². The van der Waals surface area contributed by atoms with Gasteiger partial charge in [-0.2, -0.15) is 0 Å². The van der Waals surface area contributed by atoms with Crippen molar-refractivity contribution in [2.75, 3.05) is 0 Å². The van der Waals surface area contributed by atoms with Gasteiger partial charge in [0, 0.05) is 12.7 Å². The molecule has 2 aromatic rings. The first-order valence-corrected chi connectivity index (χ1v) is 3.87. The summed E-state index contributed by atoms with van der Waals surface area (Å²) in [5.74, 6) is 0. The molecular weight excluding hydrogens is 176 g/mol. The van der Waals surface area contributed by atoms with E-state index in [1.807, 2.05) is 0 Å². The molecule has 0 aliphatic rings. The molecule has 0 fully saturated rings. The number of nitrogens with two attached hydrogens (primary N) is 1. The Morgan fingerprint density at radius 2 is 2.42 bits per heavy atom. The van der Waals surface area contributed by atoms with E-state index in [0.717, 1.165) is 5.65 Å². The van der Waals surface area contributed by atoms with Crippen LogP contribution in [-0.4, -0.2) is 14.4 Å². The predicted octanol–water partition coefficient (Wildman–Crippen LogP) is 0.841. The SMILES string of the molecule is NCc1nc2ccncn2c1Cl. The lowest BCUT2D eigenvalue weighted by molar-refractivity contribution is 1.01. The molecule has 4 nitrogen and oxygen atoms in total. The molecule has 0 aliphatic carbocycles. The fraction of sp³-hybridized carbons (Fsp3) is 0.143. The molecule has 2 rings (SSSR count). The van der Waals surface area contributed by atoms with Crippen LogP contribution in [-0.2, 0) is 6.54 Å². The van der Waals surface area contributed by atoms with Crippen molar-refractivity contribution in [1.29, 1.82) is 0 Å². The van der Waals surface area contributed by atoms with Crippen LogP contribution in [0.3, 0.4) is 0 Å². The van der Waals surface area contributed by atoms with E-state index in [9.17, 15) is 0 Å². The Kier molecular flexibility index (Phi) is 1.71. The Morgan fingerprint density at radius 3 is 3.08 bits per heavy atom. The van der Waals surface area contributed by atoms with Crippen LogP contribution in [0.25, 0.3) is 5.65 Å². The Labute approximate surface area is 74.0 Å². The lowest BCUT2D eigenvalue weighted by Crippen LogP contribution is -1.96. The quantitative estimate of drug-likeness (QED) is 0.711. The fourth-order valence-electron chi connectivity index (χ4n) is 1.05. The molecule has 0 aromatic carbocycles. The summed E-state index contributed by atoms with van der Waals surface area (Å²) in [6, 6.07) is 1.78. The number of rotatable bonds is 1. The molecule has 0 saturated heterocycles. The summed E-state index contributed by atoms with van der Waals surface area (Å²) in [6.07, 6.45) is 3.28. The molecule has 0 spiro atoms. The third kappa shape index (κ3) is 0.964. The largest absolute Gasteiger partial charge is 0.325 e. The summed E-state index contributed by atoms with van der Waals surface area (Å²) in [5, 5.41) is 0.542. The van der Waals surface area contributed by atoms with E-state index in [-0.39, 0.29) is 0 Å². The van der Waals surface area contributed by atoms with E-state index in [1.54, 1.807) is 23.0 Å². The molecule has 0 saturated carbocycles. The molecular formula is C7H7ClN4.